The molecule has 0 atom stereocenters. The number of rotatable bonds is 4. The summed E-state index contributed by atoms with van der Waals surface area (Å²) in [7, 11) is 0. The molecule has 13 rings (SSSR count). The molecule has 0 aliphatic heterocycles. The van der Waals surface area contributed by atoms with E-state index < -0.39 is 0 Å². The zero-order valence-electron chi connectivity index (χ0n) is 32.4. The lowest BCUT2D eigenvalue weighted by atomic mass is 9.93. The van der Waals surface area contributed by atoms with Crippen LogP contribution >= 0.6 is 0 Å². The van der Waals surface area contributed by atoms with E-state index in [9.17, 15) is 0 Å². The van der Waals surface area contributed by atoms with Crippen LogP contribution in [0.1, 0.15) is 13.8 Å². The minimum Gasteiger partial charge on any atom is -0.455 e. The van der Waals surface area contributed by atoms with Gasteiger partial charge in [0, 0.05) is 43.6 Å². The van der Waals surface area contributed by atoms with Crippen LogP contribution in [0.4, 0.5) is 0 Å². The molecule has 0 radical (unpaired) electrons. The van der Waals surface area contributed by atoms with Crippen LogP contribution in [0.5, 0.6) is 0 Å². The van der Waals surface area contributed by atoms with Crippen molar-refractivity contribution in [3.05, 3.63) is 176 Å². The second kappa shape index (κ2) is 12.8. The molecule has 0 N–H and O–H groups in total. The zero-order valence-corrected chi connectivity index (χ0v) is 32.4. The normalized spacial score (nSPS) is 11.9. The first-order valence-corrected chi connectivity index (χ1v) is 20.2. The summed E-state index contributed by atoms with van der Waals surface area (Å²) in [5.74, 6) is 1.67. The predicted octanol–water partition coefficient (Wildman–Crippen LogP) is 14.1. The van der Waals surface area contributed by atoms with Crippen molar-refractivity contribution < 1.29 is 4.42 Å². The van der Waals surface area contributed by atoms with Gasteiger partial charge in [0.25, 0.3) is 0 Å². The smallest absolute Gasteiger partial charge is 0.238 e. The average Bonchev–Trinajstić information content (AvgIpc) is 3.98. The van der Waals surface area contributed by atoms with Gasteiger partial charge in [-0.25, -0.2) is 4.98 Å². The number of nitrogens with zero attached hydrogens (tertiary/aromatic N) is 5. The van der Waals surface area contributed by atoms with Crippen LogP contribution in [-0.2, 0) is 0 Å². The molecule has 9 aromatic carbocycles. The monoisotopic (exact) mass is 757 g/mol. The standard InChI is InChI=1S/C51H29N5O.C2H6/c1-3-14-30(15-4-1)49-52-50(40-29-26-37-33-19-8-7-18-32(33)36-22-13-25-43-44(36)45(37)48(40)57-43)54-51(53-49)56-42-24-12-10-21-35(42)39-28-27-38-34-20-9-11-23-41(34)55(46(38)47(39)56)31-16-5-2-6-17-31;1-2/h1-29H;1-2H3. The maximum atomic E-state index is 6.83. The minimum atomic E-state index is 0.536. The maximum absolute atomic E-state index is 6.83. The first kappa shape index (κ1) is 33.3. The van der Waals surface area contributed by atoms with Crippen LogP contribution in [0, 0.1) is 0 Å². The van der Waals surface area contributed by atoms with Crippen molar-refractivity contribution >= 4 is 87.1 Å². The molecule has 0 aliphatic rings. The molecule has 0 amide bonds. The van der Waals surface area contributed by atoms with E-state index in [0.29, 0.717) is 17.6 Å². The molecular weight excluding hydrogens is 723 g/mol. The van der Waals surface area contributed by atoms with Gasteiger partial charge in [0.1, 0.15) is 11.2 Å². The molecular formula is C53H35N5O. The Labute approximate surface area is 338 Å². The number of furan rings is 1. The molecule has 0 aliphatic carbocycles. The Morgan fingerprint density at radius 2 is 0.915 bits per heavy atom. The maximum Gasteiger partial charge on any atom is 0.238 e. The summed E-state index contributed by atoms with van der Waals surface area (Å²) in [5, 5.41) is 11.5. The van der Waals surface area contributed by atoms with Crippen LogP contribution in [-0.4, -0.2) is 24.1 Å². The van der Waals surface area contributed by atoms with Gasteiger partial charge in [-0.2, -0.15) is 9.97 Å². The van der Waals surface area contributed by atoms with E-state index in [1.54, 1.807) is 0 Å². The first-order chi connectivity index (χ1) is 29.3. The highest BCUT2D eigenvalue weighted by Crippen LogP contribution is 2.46. The van der Waals surface area contributed by atoms with E-state index in [1.165, 1.54) is 21.5 Å². The highest BCUT2D eigenvalue weighted by atomic mass is 16.3. The molecule has 278 valence electrons. The largest absolute Gasteiger partial charge is 0.455 e. The van der Waals surface area contributed by atoms with Crippen molar-refractivity contribution in [2.75, 3.05) is 0 Å². The molecule has 13 aromatic rings. The lowest BCUT2D eigenvalue weighted by Crippen LogP contribution is -2.07. The molecule has 0 unspecified atom stereocenters. The fourth-order valence-corrected chi connectivity index (χ4v) is 9.35. The highest BCUT2D eigenvalue weighted by molar-refractivity contribution is 6.34. The third kappa shape index (κ3) is 4.71. The van der Waals surface area contributed by atoms with Crippen molar-refractivity contribution in [2.45, 2.75) is 13.8 Å². The second-order valence-electron chi connectivity index (χ2n) is 14.7. The topological polar surface area (TPSA) is 61.7 Å². The molecule has 4 heterocycles. The lowest BCUT2D eigenvalue weighted by Gasteiger charge is -2.13. The fraction of sp³-hybridized carbons (Fsp3) is 0.0377. The van der Waals surface area contributed by atoms with E-state index in [1.807, 2.05) is 32.0 Å². The Balaban J connectivity index is 0.00000186. The summed E-state index contributed by atoms with van der Waals surface area (Å²) in [6, 6.07) is 61.8. The van der Waals surface area contributed by atoms with Crippen molar-refractivity contribution in [1.82, 2.24) is 24.1 Å². The Hall–Kier alpha value is -7.83. The number of para-hydroxylation sites is 3. The minimum absolute atomic E-state index is 0.536. The van der Waals surface area contributed by atoms with Gasteiger partial charge in [-0.05, 0) is 57.9 Å². The summed E-state index contributed by atoms with van der Waals surface area (Å²) in [5.41, 5.74) is 8.71. The van der Waals surface area contributed by atoms with E-state index >= 15 is 0 Å². The van der Waals surface area contributed by atoms with Gasteiger partial charge in [-0.3, -0.25) is 4.57 Å². The zero-order chi connectivity index (χ0) is 39.2. The Morgan fingerprint density at radius 3 is 1.61 bits per heavy atom. The van der Waals surface area contributed by atoms with Gasteiger partial charge < -0.3 is 8.98 Å². The number of benzene rings is 9. The number of hydrogen-bond acceptors (Lipinski definition) is 4. The Morgan fingerprint density at radius 1 is 0.390 bits per heavy atom. The molecule has 0 bridgehead atoms. The van der Waals surface area contributed by atoms with Crippen LogP contribution in [0.25, 0.3) is 122 Å². The SMILES string of the molecule is CC.c1ccc(-c2nc(-c3ccc4c5ccccc5c5cccc6oc3c4c65)nc(-n3c4ccccc4c4ccc5c6ccccc6n(-c6ccccc6)c5c43)n2)cc1. The van der Waals surface area contributed by atoms with E-state index in [-0.39, 0.29) is 0 Å². The van der Waals surface area contributed by atoms with Crippen molar-refractivity contribution in [3.63, 3.8) is 0 Å². The van der Waals surface area contributed by atoms with Crippen LogP contribution in [0.3, 0.4) is 0 Å². The molecule has 4 aromatic heterocycles. The molecule has 0 saturated carbocycles. The number of hydrogen-bond donors (Lipinski definition) is 0. The van der Waals surface area contributed by atoms with Gasteiger partial charge in [-0.15, -0.1) is 0 Å². The van der Waals surface area contributed by atoms with E-state index in [2.05, 4.69) is 167 Å². The second-order valence-corrected chi connectivity index (χ2v) is 14.7. The van der Waals surface area contributed by atoms with Crippen LogP contribution < -0.4 is 0 Å². The van der Waals surface area contributed by atoms with Gasteiger partial charge in [-0.1, -0.05) is 153 Å². The van der Waals surface area contributed by atoms with Crippen LogP contribution in [0.15, 0.2) is 180 Å². The third-order valence-electron chi connectivity index (χ3n) is 11.7. The van der Waals surface area contributed by atoms with Gasteiger partial charge in [0.2, 0.25) is 5.95 Å². The summed E-state index contributed by atoms with van der Waals surface area (Å²) < 4.78 is 11.5. The van der Waals surface area contributed by atoms with Crippen molar-refractivity contribution in [3.8, 4) is 34.4 Å². The molecule has 0 fully saturated rings. The summed E-state index contributed by atoms with van der Waals surface area (Å²) in [4.78, 5) is 16.0. The van der Waals surface area contributed by atoms with Crippen LogP contribution in [0.2, 0.25) is 0 Å². The molecule has 6 nitrogen and oxygen atoms in total. The molecule has 59 heavy (non-hydrogen) atoms. The van der Waals surface area contributed by atoms with Crippen molar-refractivity contribution in [2.24, 2.45) is 0 Å². The number of fused-ring (bicyclic) bond motifs is 10. The van der Waals surface area contributed by atoms with Gasteiger partial charge >= 0.3 is 0 Å². The quantitative estimate of drug-likeness (QED) is 0.168. The first-order valence-electron chi connectivity index (χ1n) is 20.2. The summed E-state index contributed by atoms with van der Waals surface area (Å²) in [6.45, 7) is 4.00. The van der Waals surface area contributed by atoms with Crippen molar-refractivity contribution in [1.29, 1.82) is 0 Å². The lowest BCUT2D eigenvalue weighted by molar-refractivity contribution is 0.670. The van der Waals surface area contributed by atoms with Gasteiger partial charge in [0.05, 0.1) is 27.6 Å². The van der Waals surface area contributed by atoms with E-state index in [4.69, 9.17) is 19.4 Å². The highest BCUT2D eigenvalue weighted by Gasteiger charge is 2.25. The molecule has 6 heteroatoms. The van der Waals surface area contributed by atoms with E-state index in [0.717, 1.165) is 82.4 Å². The molecule has 0 spiro atoms. The number of aromatic nitrogens is 5. The summed E-state index contributed by atoms with van der Waals surface area (Å²) in [6.07, 6.45) is 0. The Kier molecular flexibility index (Phi) is 7.26. The Bertz CT molecular complexity index is 3750. The predicted molar refractivity (Wildman–Crippen MR) is 244 cm³/mol. The fourth-order valence-electron chi connectivity index (χ4n) is 9.35. The summed E-state index contributed by atoms with van der Waals surface area (Å²) >= 11 is 0. The third-order valence-corrected chi connectivity index (χ3v) is 11.7. The van der Waals surface area contributed by atoms with Gasteiger partial charge in [0.15, 0.2) is 11.6 Å². The average molecular weight is 758 g/mol. The molecule has 0 saturated heterocycles.